The van der Waals surface area contributed by atoms with Crippen LogP contribution in [0.2, 0.25) is 0 Å². The average molecular weight is 230 g/mol. The van der Waals surface area contributed by atoms with Crippen LogP contribution >= 0.6 is 11.3 Å². The van der Waals surface area contributed by atoms with Crippen LogP contribution in [0.3, 0.4) is 0 Å². The number of hydrogen-bond donors (Lipinski definition) is 0. The van der Waals surface area contributed by atoms with E-state index in [1.165, 1.54) is 11.3 Å². The Labute approximate surface area is 94.5 Å². The first-order valence-corrected chi connectivity index (χ1v) is 5.53. The molecule has 0 N–H and O–H groups in total. The zero-order valence-corrected chi connectivity index (χ0v) is 8.90. The van der Waals surface area contributed by atoms with E-state index in [4.69, 9.17) is 0 Å². The fourth-order valence-electron chi connectivity index (χ4n) is 1.47. The Morgan fingerprint density at radius 3 is 2.88 bits per heavy atom. The smallest absolute Gasteiger partial charge is 0.203 e. The van der Waals surface area contributed by atoms with E-state index in [0.29, 0.717) is 16.6 Å². The van der Waals surface area contributed by atoms with Crippen molar-refractivity contribution in [3.63, 3.8) is 0 Å². The first kappa shape index (κ1) is 9.23. The highest BCUT2D eigenvalue weighted by Crippen LogP contribution is 2.18. The highest BCUT2D eigenvalue weighted by atomic mass is 32.1. The normalized spacial score (nSPS) is 10.8. The molecule has 0 amide bonds. The summed E-state index contributed by atoms with van der Waals surface area (Å²) >= 11 is 1.42. The zero-order chi connectivity index (χ0) is 11.0. The van der Waals surface area contributed by atoms with E-state index in [2.05, 4.69) is 14.9 Å². The molecule has 5 heteroatoms. The molecule has 78 valence electrons. The molecular formula is C11H6N2O2S. The maximum atomic E-state index is 12.0. The fraction of sp³-hybridized carbons (Fsp3) is 0. The average Bonchev–Trinajstić information content (AvgIpc) is 2.98. The molecule has 16 heavy (non-hydrogen) atoms. The predicted molar refractivity (Wildman–Crippen MR) is 59.6 cm³/mol. The Bertz CT molecular complexity index is 643. The quantitative estimate of drug-likeness (QED) is 0.635. The summed E-state index contributed by atoms with van der Waals surface area (Å²) in [6.07, 6.45) is 0. The van der Waals surface area contributed by atoms with Gasteiger partial charge in [-0.3, -0.25) is 4.79 Å². The largest absolute Gasteiger partial charge is 0.288 e. The number of thiophene rings is 1. The molecule has 3 rings (SSSR count). The van der Waals surface area contributed by atoms with Crippen LogP contribution < -0.4 is 0 Å². The number of hydrogen-bond acceptors (Lipinski definition) is 5. The van der Waals surface area contributed by atoms with Crippen molar-refractivity contribution in [1.29, 1.82) is 0 Å². The molecule has 0 spiro atoms. The highest BCUT2D eigenvalue weighted by molar-refractivity contribution is 7.12. The van der Waals surface area contributed by atoms with Crippen LogP contribution in [0.4, 0.5) is 0 Å². The van der Waals surface area contributed by atoms with Gasteiger partial charge in [-0.15, -0.1) is 11.3 Å². The number of fused-ring (bicyclic) bond motifs is 1. The minimum atomic E-state index is -0.0000926. The first-order valence-electron chi connectivity index (χ1n) is 4.65. The summed E-state index contributed by atoms with van der Waals surface area (Å²) in [6.45, 7) is 0. The number of carbonyl (C=O) groups is 1. The minimum Gasteiger partial charge on any atom is -0.288 e. The molecule has 0 aliphatic heterocycles. The van der Waals surface area contributed by atoms with Gasteiger partial charge >= 0.3 is 0 Å². The molecule has 0 fully saturated rings. The number of carbonyl (C=O) groups excluding carboxylic acids is 1. The number of aromatic nitrogens is 2. The number of benzene rings is 1. The Balaban J connectivity index is 2.09. The first-order chi connectivity index (χ1) is 7.84. The minimum absolute atomic E-state index is 0.0000926. The number of nitrogens with zero attached hydrogens (tertiary/aromatic N) is 2. The van der Waals surface area contributed by atoms with Crippen LogP contribution in [0.1, 0.15) is 15.2 Å². The van der Waals surface area contributed by atoms with E-state index >= 15 is 0 Å². The molecule has 0 saturated carbocycles. The van der Waals surface area contributed by atoms with Gasteiger partial charge in [0.1, 0.15) is 11.0 Å². The molecule has 0 aliphatic carbocycles. The number of ketones is 1. The van der Waals surface area contributed by atoms with Crippen molar-refractivity contribution in [2.45, 2.75) is 0 Å². The van der Waals surface area contributed by atoms with Gasteiger partial charge in [-0.05, 0) is 40.0 Å². The Kier molecular flexibility index (Phi) is 2.04. The lowest BCUT2D eigenvalue weighted by atomic mass is 10.1. The molecule has 0 unspecified atom stereocenters. The highest BCUT2D eigenvalue weighted by Gasteiger charge is 2.11. The Morgan fingerprint density at radius 2 is 2.06 bits per heavy atom. The van der Waals surface area contributed by atoms with Gasteiger partial charge in [0.05, 0.1) is 4.88 Å². The molecule has 1 aromatic carbocycles. The molecule has 2 aromatic heterocycles. The van der Waals surface area contributed by atoms with Crippen LogP contribution in [0, 0.1) is 0 Å². The molecule has 2 heterocycles. The van der Waals surface area contributed by atoms with E-state index in [1.54, 1.807) is 24.3 Å². The van der Waals surface area contributed by atoms with Crippen LogP contribution in [0.15, 0.2) is 40.3 Å². The lowest BCUT2D eigenvalue weighted by Gasteiger charge is -1.96. The van der Waals surface area contributed by atoms with Gasteiger partial charge in [0.25, 0.3) is 0 Å². The maximum Gasteiger partial charge on any atom is 0.203 e. The molecule has 0 saturated heterocycles. The summed E-state index contributed by atoms with van der Waals surface area (Å²) in [4.78, 5) is 12.7. The SMILES string of the molecule is O=C(c1ccc2nonc2c1)c1cccs1. The van der Waals surface area contributed by atoms with Gasteiger partial charge in [-0.2, -0.15) is 0 Å². The third-order valence-electron chi connectivity index (χ3n) is 2.26. The van der Waals surface area contributed by atoms with Gasteiger partial charge in [-0.25, -0.2) is 4.63 Å². The topological polar surface area (TPSA) is 56.0 Å². The van der Waals surface area contributed by atoms with Gasteiger partial charge in [0, 0.05) is 5.56 Å². The van der Waals surface area contributed by atoms with Gasteiger partial charge < -0.3 is 0 Å². The van der Waals surface area contributed by atoms with Gasteiger partial charge in [0.15, 0.2) is 0 Å². The van der Waals surface area contributed by atoms with Crippen LogP contribution in [0.25, 0.3) is 11.0 Å². The van der Waals surface area contributed by atoms with E-state index in [9.17, 15) is 4.79 Å². The third kappa shape index (κ3) is 1.42. The summed E-state index contributed by atoms with van der Waals surface area (Å²) in [5, 5.41) is 9.27. The van der Waals surface area contributed by atoms with E-state index in [0.717, 1.165) is 4.88 Å². The Morgan fingerprint density at radius 1 is 1.19 bits per heavy atom. The second kappa shape index (κ2) is 3.53. The molecule has 0 atom stereocenters. The molecule has 0 aliphatic rings. The predicted octanol–water partition coefficient (Wildman–Crippen LogP) is 2.52. The van der Waals surface area contributed by atoms with Crippen LogP contribution in [-0.2, 0) is 0 Å². The monoisotopic (exact) mass is 230 g/mol. The lowest BCUT2D eigenvalue weighted by molar-refractivity contribution is 0.104. The van der Waals surface area contributed by atoms with E-state index < -0.39 is 0 Å². The van der Waals surface area contributed by atoms with Gasteiger partial charge in [-0.1, -0.05) is 6.07 Å². The van der Waals surface area contributed by atoms with Crippen molar-refractivity contribution < 1.29 is 9.42 Å². The van der Waals surface area contributed by atoms with Crippen LogP contribution in [-0.4, -0.2) is 16.1 Å². The van der Waals surface area contributed by atoms with Crippen molar-refractivity contribution in [2.24, 2.45) is 0 Å². The summed E-state index contributed by atoms with van der Waals surface area (Å²) in [5.74, 6) is -0.0000926. The second-order valence-corrected chi connectivity index (χ2v) is 4.22. The number of rotatable bonds is 2. The van der Waals surface area contributed by atoms with E-state index in [-0.39, 0.29) is 5.78 Å². The Hall–Kier alpha value is -2.01. The molecule has 4 nitrogen and oxygen atoms in total. The summed E-state index contributed by atoms with van der Waals surface area (Å²) in [7, 11) is 0. The molecule has 0 radical (unpaired) electrons. The van der Waals surface area contributed by atoms with Crippen molar-refractivity contribution in [3.8, 4) is 0 Å². The molecule has 0 bridgehead atoms. The molecule has 3 aromatic rings. The third-order valence-corrected chi connectivity index (χ3v) is 3.13. The van der Waals surface area contributed by atoms with E-state index in [1.807, 2.05) is 11.4 Å². The van der Waals surface area contributed by atoms with Crippen molar-refractivity contribution in [3.05, 3.63) is 46.2 Å². The van der Waals surface area contributed by atoms with Crippen molar-refractivity contribution >= 4 is 28.2 Å². The van der Waals surface area contributed by atoms with Gasteiger partial charge in [0.2, 0.25) is 5.78 Å². The summed E-state index contributed by atoms with van der Waals surface area (Å²) in [5.41, 5.74) is 1.86. The summed E-state index contributed by atoms with van der Waals surface area (Å²) < 4.78 is 4.58. The second-order valence-electron chi connectivity index (χ2n) is 3.27. The summed E-state index contributed by atoms with van der Waals surface area (Å²) in [6, 6.07) is 8.81. The van der Waals surface area contributed by atoms with Crippen LogP contribution in [0.5, 0.6) is 0 Å². The fourth-order valence-corrected chi connectivity index (χ4v) is 2.16. The lowest BCUT2D eigenvalue weighted by Crippen LogP contribution is -1.97. The maximum absolute atomic E-state index is 12.0. The van der Waals surface area contributed by atoms with Crippen molar-refractivity contribution in [2.75, 3.05) is 0 Å². The standard InChI is InChI=1S/C11H6N2O2S/c14-11(10-2-1-5-16-10)7-3-4-8-9(6-7)13-15-12-8/h1-6H. The van der Waals surface area contributed by atoms with Crippen molar-refractivity contribution in [1.82, 2.24) is 10.3 Å². The molecular weight excluding hydrogens is 224 g/mol. The zero-order valence-electron chi connectivity index (χ0n) is 8.08.